The second-order valence-corrected chi connectivity index (χ2v) is 8.07. The van der Waals surface area contributed by atoms with Gasteiger partial charge in [-0.05, 0) is 38.8 Å². The van der Waals surface area contributed by atoms with Crippen molar-refractivity contribution in [3.05, 3.63) is 34.7 Å². The summed E-state index contributed by atoms with van der Waals surface area (Å²) < 4.78 is 8.36. The second-order valence-electron chi connectivity index (χ2n) is 8.07. The number of fused-ring (bicyclic) bond motifs is 1. The number of likely N-dealkylation sites (tertiary alicyclic amines) is 1. The number of hydrogen-bond donors (Lipinski definition) is 0. The molecular formula is C23H32N4O5. The van der Waals surface area contributed by atoms with E-state index >= 15 is 0 Å². The van der Waals surface area contributed by atoms with Gasteiger partial charge in [0.15, 0.2) is 0 Å². The van der Waals surface area contributed by atoms with Gasteiger partial charge in [0.2, 0.25) is 11.8 Å². The van der Waals surface area contributed by atoms with Crippen LogP contribution in [0.25, 0.3) is 11.0 Å². The first-order chi connectivity index (χ1) is 15.4. The highest BCUT2D eigenvalue weighted by Gasteiger charge is 2.29. The van der Waals surface area contributed by atoms with Crippen LogP contribution < -0.4 is 5.69 Å². The fourth-order valence-corrected chi connectivity index (χ4v) is 4.21. The van der Waals surface area contributed by atoms with Gasteiger partial charge in [-0.15, -0.1) is 0 Å². The number of imidazole rings is 1. The fraction of sp³-hybridized carbons (Fsp3) is 0.565. The number of ether oxygens (including phenoxy) is 1. The highest BCUT2D eigenvalue weighted by molar-refractivity contribution is 5.85. The van der Waals surface area contributed by atoms with E-state index in [-0.39, 0.29) is 48.9 Å². The molecule has 2 heterocycles. The van der Waals surface area contributed by atoms with E-state index in [4.69, 9.17) is 4.74 Å². The predicted octanol–water partition coefficient (Wildman–Crippen LogP) is 1.47. The number of para-hydroxylation sites is 2. The molecule has 0 unspecified atom stereocenters. The van der Waals surface area contributed by atoms with Crippen LogP contribution in [-0.2, 0) is 32.2 Å². The Hall–Kier alpha value is -3.10. The molecule has 9 nitrogen and oxygen atoms in total. The van der Waals surface area contributed by atoms with Gasteiger partial charge in [0, 0.05) is 39.6 Å². The van der Waals surface area contributed by atoms with E-state index in [0.29, 0.717) is 39.1 Å². The summed E-state index contributed by atoms with van der Waals surface area (Å²) in [5.74, 6) is -0.698. The molecule has 0 aliphatic carbocycles. The highest BCUT2D eigenvalue weighted by Crippen LogP contribution is 2.19. The van der Waals surface area contributed by atoms with Gasteiger partial charge >= 0.3 is 11.7 Å². The van der Waals surface area contributed by atoms with Crippen molar-refractivity contribution in [2.24, 2.45) is 5.92 Å². The third kappa shape index (κ3) is 5.03. The topological polar surface area (TPSA) is 93.8 Å². The number of carbonyl (C=O) groups is 3. The number of amides is 2. The maximum atomic E-state index is 12.7. The SMILES string of the molecule is CCOC(=O)C1CCN(C(=O)CN(C)C(=O)CCn2c(=O)n(CC)c3ccccc32)CC1. The molecule has 3 rings (SSSR count). The Morgan fingerprint density at radius 2 is 1.69 bits per heavy atom. The first-order valence-corrected chi connectivity index (χ1v) is 11.2. The molecule has 174 valence electrons. The lowest BCUT2D eigenvalue weighted by molar-refractivity contribution is -0.151. The van der Waals surface area contributed by atoms with Crippen molar-refractivity contribution in [3.63, 3.8) is 0 Å². The van der Waals surface area contributed by atoms with Crippen LogP contribution in [0.1, 0.15) is 33.1 Å². The number of benzene rings is 1. The summed E-state index contributed by atoms with van der Waals surface area (Å²) in [4.78, 5) is 52.9. The van der Waals surface area contributed by atoms with E-state index in [1.54, 1.807) is 28.0 Å². The molecule has 1 aromatic heterocycles. The van der Waals surface area contributed by atoms with Crippen LogP contribution in [0.3, 0.4) is 0 Å². The van der Waals surface area contributed by atoms with Gasteiger partial charge < -0.3 is 14.5 Å². The zero-order valence-electron chi connectivity index (χ0n) is 19.1. The lowest BCUT2D eigenvalue weighted by Gasteiger charge is -2.32. The molecule has 0 radical (unpaired) electrons. The molecule has 0 bridgehead atoms. The van der Waals surface area contributed by atoms with Crippen molar-refractivity contribution in [1.29, 1.82) is 0 Å². The van der Waals surface area contributed by atoms with Crippen molar-refractivity contribution >= 4 is 28.8 Å². The monoisotopic (exact) mass is 444 g/mol. The van der Waals surface area contributed by atoms with Crippen LogP contribution in [0, 0.1) is 5.92 Å². The summed E-state index contributed by atoms with van der Waals surface area (Å²) >= 11 is 0. The molecule has 1 aromatic carbocycles. The normalized spacial score (nSPS) is 14.5. The van der Waals surface area contributed by atoms with E-state index in [1.165, 1.54) is 4.90 Å². The summed E-state index contributed by atoms with van der Waals surface area (Å²) in [6, 6.07) is 7.53. The van der Waals surface area contributed by atoms with Crippen LogP contribution >= 0.6 is 0 Å². The van der Waals surface area contributed by atoms with Crippen LogP contribution in [0.4, 0.5) is 0 Å². The van der Waals surface area contributed by atoms with E-state index in [9.17, 15) is 19.2 Å². The third-order valence-corrected chi connectivity index (χ3v) is 6.06. The quantitative estimate of drug-likeness (QED) is 0.575. The molecule has 9 heteroatoms. The van der Waals surface area contributed by atoms with Crippen molar-refractivity contribution < 1.29 is 19.1 Å². The van der Waals surface area contributed by atoms with Gasteiger partial charge in [0.05, 0.1) is 30.1 Å². The van der Waals surface area contributed by atoms with E-state index < -0.39 is 0 Å². The number of nitrogens with zero attached hydrogens (tertiary/aromatic N) is 4. The number of esters is 1. The molecule has 0 N–H and O–H groups in total. The zero-order chi connectivity index (χ0) is 23.3. The van der Waals surface area contributed by atoms with E-state index in [0.717, 1.165) is 11.0 Å². The van der Waals surface area contributed by atoms with Gasteiger partial charge in [-0.25, -0.2) is 4.79 Å². The van der Waals surface area contributed by atoms with Crippen LogP contribution in [0.15, 0.2) is 29.1 Å². The van der Waals surface area contributed by atoms with E-state index in [1.807, 2.05) is 31.2 Å². The maximum Gasteiger partial charge on any atom is 0.329 e. The summed E-state index contributed by atoms with van der Waals surface area (Å²) in [5, 5.41) is 0. The first kappa shape index (κ1) is 23.6. The van der Waals surface area contributed by atoms with Crippen LogP contribution in [0.5, 0.6) is 0 Å². The number of likely N-dealkylation sites (N-methyl/N-ethyl adjacent to an activating group) is 1. The van der Waals surface area contributed by atoms with Crippen LogP contribution in [0.2, 0.25) is 0 Å². The van der Waals surface area contributed by atoms with Crippen molar-refractivity contribution in [2.45, 2.75) is 46.2 Å². The second kappa shape index (κ2) is 10.5. The fourth-order valence-electron chi connectivity index (χ4n) is 4.21. The van der Waals surface area contributed by atoms with Crippen molar-refractivity contribution in [1.82, 2.24) is 18.9 Å². The van der Waals surface area contributed by atoms with Gasteiger partial charge in [-0.3, -0.25) is 23.5 Å². The number of aromatic nitrogens is 2. The third-order valence-electron chi connectivity index (χ3n) is 6.06. The minimum Gasteiger partial charge on any atom is -0.466 e. The first-order valence-electron chi connectivity index (χ1n) is 11.2. The minimum atomic E-state index is -0.202. The van der Waals surface area contributed by atoms with Crippen molar-refractivity contribution in [2.75, 3.05) is 33.3 Å². The number of piperidine rings is 1. The zero-order valence-corrected chi connectivity index (χ0v) is 19.1. The number of carbonyl (C=O) groups excluding carboxylic acids is 3. The molecule has 2 amide bonds. The number of rotatable bonds is 8. The average Bonchev–Trinajstić information content (AvgIpc) is 3.07. The Morgan fingerprint density at radius 3 is 2.28 bits per heavy atom. The standard InChI is InChI=1S/C23H32N4O5/c1-4-26-18-8-6-7-9-19(18)27(23(26)31)15-12-20(28)24(3)16-21(29)25-13-10-17(11-14-25)22(30)32-5-2/h6-9,17H,4-5,10-16H2,1-3H3. The molecule has 1 fully saturated rings. The molecule has 1 aliphatic rings. The van der Waals surface area contributed by atoms with Gasteiger partial charge in [0.25, 0.3) is 0 Å². The average molecular weight is 445 g/mol. The Labute approximate surface area is 187 Å². The molecule has 0 atom stereocenters. The predicted molar refractivity (Wildman–Crippen MR) is 120 cm³/mol. The number of hydrogen-bond acceptors (Lipinski definition) is 5. The Morgan fingerprint density at radius 1 is 1.06 bits per heavy atom. The lowest BCUT2D eigenvalue weighted by atomic mass is 9.97. The van der Waals surface area contributed by atoms with Gasteiger partial charge in [-0.2, -0.15) is 0 Å². The summed E-state index contributed by atoms with van der Waals surface area (Å²) in [6.45, 7) is 5.81. The molecule has 0 saturated carbocycles. The molecule has 32 heavy (non-hydrogen) atoms. The Bertz CT molecular complexity index is 1030. The number of aryl methyl sites for hydroxylation is 2. The lowest BCUT2D eigenvalue weighted by Crippen LogP contribution is -2.45. The molecule has 1 aliphatic heterocycles. The maximum absolute atomic E-state index is 12.7. The van der Waals surface area contributed by atoms with Gasteiger partial charge in [-0.1, -0.05) is 12.1 Å². The summed E-state index contributed by atoms with van der Waals surface area (Å²) in [5.41, 5.74) is 1.52. The molecule has 2 aromatic rings. The minimum absolute atomic E-state index is 0.0193. The Balaban J connectivity index is 1.53. The summed E-state index contributed by atoms with van der Waals surface area (Å²) in [7, 11) is 1.60. The van der Waals surface area contributed by atoms with E-state index in [2.05, 4.69) is 0 Å². The molecular weight excluding hydrogens is 412 g/mol. The van der Waals surface area contributed by atoms with Crippen molar-refractivity contribution in [3.8, 4) is 0 Å². The largest absolute Gasteiger partial charge is 0.466 e. The summed E-state index contributed by atoms with van der Waals surface area (Å²) in [6.07, 6.45) is 1.28. The molecule has 0 spiro atoms. The molecule has 1 saturated heterocycles. The van der Waals surface area contributed by atoms with Crippen LogP contribution in [-0.4, -0.2) is 70.0 Å². The van der Waals surface area contributed by atoms with Gasteiger partial charge in [0.1, 0.15) is 0 Å². The Kier molecular flexibility index (Phi) is 7.71. The highest BCUT2D eigenvalue weighted by atomic mass is 16.5. The smallest absolute Gasteiger partial charge is 0.329 e.